The number of nitriles is 1. The second-order valence-electron chi connectivity index (χ2n) is 5.81. The van der Waals surface area contributed by atoms with E-state index in [-0.39, 0.29) is 5.56 Å². The van der Waals surface area contributed by atoms with Crippen LogP contribution in [0.1, 0.15) is 11.1 Å². The lowest BCUT2D eigenvalue weighted by molar-refractivity contribution is 0.261. The lowest BCUT2D eigenvalue weighted by atomic mass is 10.1. The molecule has 0 amide bonds. The van der Waals surface area contributed by atoms with Crippen LogP contribution in [-0.4, -0.2) is 37.6 Å². The largest absolute Gasteiger partial charge is 0.368 e. The number of nitrogens with zero attached hydrogens (tertiary/aromatic N) is 3. The van der Waals surface area contributed by atoms with Gasteiger partial charge in [-0.1, -0.05) is 36.4 Å². The molecule has 3 rings (SSSR count). The van der Waals surface area contributed by atoms with Crippen molar-refractivity contribution >= 4 is 5.69 Å². The Morgan fingerprint density at radius 1 is 0.957 bits per heavy atom. The number of piperazine rings is 1. The third-order valence-corrected chi connectivity index (χ3v) is 4.38. The molecule has 2 aromatic rings. The summed E-state index contributed by atoms with van der Waals surface area (Å²) in [6.45, 7) is 4.56. The van der Waals surface area contributed by atoms with Crippen molar-refractivity contribution in [3.05, 3.63) is 65.5 Å². The first-order valence-electron chi connectivity index (χ1n) is 7.98. The zero-order valence-electron chi connectivity index (χ0n) is 13.1. The van der Waals surface area contributed by atoms with Crippen LogP contribution < -0.4 is 4.90 Å². The summed E-state index contributed by atoms with van der Waals surface area (Å²) >= 11 is 0. The molecular weight excluding hydrogens is 289 g/mol. The van der Waals surface area contributed by atoms with Crippen LogP contribution in [0.4, 0.5) is 10.1 Å². The van der Waals surface area contributed by atoms with Crippen LogP contribution >= 0.6 is 0 Å². The minimum atomic E-state index is -0.434. The Morgan fingerprint density at radius 3 is 2.39 bits per heavy atom. The molecule has 0 bridgehead atoms. The summed E-state index contributed by atoms with van der Waals surface area (Å²) in [5.41, 5.74) is 2.23. The van der Waals surface area contributed by atoms with E-state index in [1.807, 2.05) is 18.2 Å². The minimum Gasteiger partial charge on any atom is -0.368 e. The molecule has 0 N–H and O–H groups in total. The van der Waals surface area contributed by atoms with Gasteiger partial charge in [-0.15, -0.1) is 0 Å². The molecule has 1 aliphatic heterocycles. The van der Waals surface area contributed by atoms with Gasteiger partial charge in [0, 0.05) is 32.7 Å². The zero-order valence-corrected chi connectivity index (χ0v) is 13.1. The van der Waals surface area contributed by atoms with Crippen LogP contribution in [0.15, 0.2) is 48.5 Å². The Kier molecular flexibility index (Phi) is 4.89. The van der Waals surface area contributed by atoms with Crippen LogP contribution in [0.3, 0.4) is 0 Å². The quantitative estimate of drug-likeness (QED) is 0.869. The maximum absolute atomic E-state index is 13.7. The smallest absolute Gasteiger partial charge is 0.143 e. The van der Waals surface area contributed by atoms with Gasteiger partial charge in [0.25, 0.3) is 0 Å². The highest BCUT2D eigenvalue weighted by Gasteiger charge is 2.20. The van der Waals surface area contributed by atoms with Crippen molar-refractivity contribution in [1.29, 1.82) is 5.26 Å². The van der Waals surface area contributed by atoms with Crippen LogP contribution in [0.25, 0.3) is 0 Å². The molecule has 2 aromatic carbocycles. The van der Waals surface area contributed by atoms with Crippen LogP contribution in [0.2, 0.25) is 0 Å². The molecule has 0 saturated carbocycles. The molecule has 1 heterocycles. The predicted molar refractivity (Wildman–Crippen MR) is 89.9 cm³/mol. The van der Waals surface area contributed by atoms with Crippen molar-refractivity contribution in [2.75, 3.05) is 37.6 Å². The van der Waals surface area contributed by atoms with Gasteiger partial charge >= 0.3 is 0 Å². The van der Waals surface area contributed by atoms with Crippen LogP contribution in [0, 0.1) is 17.1 Å². The normalized spacial score (nSPS) is 15.4. The van der Waals surface area contributed by atoms with E-state index in [4.69, 9.17) is 5.26 Å². The fourth-order valence-electron chi connectivity index (χ4n) is 3.03. The molecule has 1 saturated heterocycles. The number of anilines is 1. The average Bonchev–Trinajstić information content (AvgIpc) is 2.61. The maximum Gasteiger partial charge on any atom is 0.143 e. The Bertz CT molecular complexity index is 686. The monoisotopic (exact) mass is 309 g/mol. The van der Waals surface area contributed by atoms with E-state index >= 15 is 0 Å². The van der Waals surface area contributed by atoms with Crippen LogP contribution in [0.5, 0.6) is 0 Å². The molecule has 3 nitrogen and oxygen atoms in total. The van der Waals surface area contributed by atoms with Crippen LogP contribution in [-0.2, 0) is 6.42 Å². The summed E-state index contributed by atoms with van der Waals surface area (Å²) in [7, 11) is 0. The summed E-state index contributed by atoms with van der Waals surface area (Å²) < 4.78 is 13.7. The topological polar surface area (TPSA) is 30.3 Å². The molecule has 0 spiro atoms. The van der Waals surface area contributed by atoms with Crippen molar-refractivity contribution in [2.45, 2.75) is 6.42 Å². The maximum atomic E-state index is 13.7. The van der Waals surface area contributed by atoms with E-state index in [1.54, 1.807) is 6.07 Å². The Balaban J connectivity index is 1.57. The van der Waals surface area contributed by atoms with Gasteiger partial charge in [0.1, 0.15) is 17.4 Å². The molecule has 4 heteroatoms. The van der Waals surface area contributed by atoms with Gasteiger partial charge in [-0.05, 0) is 24.1 Å². The third kappa shape index (κ3) is 3.69. The van der Waals surface area contributed by atoms with E-state index in [0.29, 0.717) is 0 Å². The van der Waals surface area contributed by atoms with Crippen molar-refractivity contribution in [1.82, 2.24) is 4.90 Å². The van der Waals surface area contributed by atoms with E-state index in [0.717, 1.165) is 44.8 Å². The molecule has 0 unspecified atom stereocenters. The van der Waals surface area contributed by atoms with E-state index in [2.05, 4.69) is 34.1 Å². The van der Waals surface area contributed by atoms with E-state index in [1.165, 1.54) is 11.6 Å². The number of benzene rings is 2. The fraction of sp³-hybridized carbons (Fsp3) is 0.316. The molecule has 0 aliphatic carbocycles. The van der Waals surface area contributed by atoms with Gasteiger partial charge in [-0.2, -0.15) is 5.26 Å². The number of halogens is 1. The average molecular weight is 309 g/mol. The first-order chi connectivity index (χ1) is 11.3. The molecular formula is C19H20FN3. The van der Waals surface area contributed by atoms with Crippen molar-refractivity contribution in [2.24, 2.45) is 0 Å². The highest BCUT2D eigenvalue weighted by molar-refractivity contribution is 5.60. The molecule has 1 aliphatic rings. The van der Waals surface area contributed by atoms with E-state index in [9.17, 15) is 4.39 Å². The molecule has 1 fully saturated rings. The van der Waals surface area contributed by atoms with Gasteiger partial charge in [-0.3, -0.25) is 4.90 Å². The van der Waals surface area contributed by atoms with Gasteiger partial charge in [-0.25, -0.2) is 4.39 Å². The SMILES string of the molecule is N#Cc1c(F)cccc1N1CCN(CCc2ccccc2)CC1. The second kappa shape index (κ2) is 7.26. The molecule has 0 atom stereocenters. The lowest BCUT2D eigenvalue weighted by Crippen LogP contribution is -2.47. The van der Waals surface area contributed by atoms with E-state index < -0.39 is 5.82 Å². The Morgan fingerprint density at radius 2 is 1.70 bits per heavy atom. The lowest BCUT2D eigenvalue weighted by Gasteiger charge is -2.36. The summed E-state index contributed by atoms with van der Waals surface area (Å²) in [6, 6.07) is 17.3. The summed E-state index contributed by atoms with van der Waals surface area (Å²) in [4.78, 5) is 4.54. The second-order valence-corrected chi connectivity index (χ2v) is 5.81. The molecule has 0 radical (unpaired) electrons. The number of hydrogen-bond acceptors (Lipinski definition) is 3. The highest BCUT2D eigenvalue weighted by atomic mass is 19.1. The first-order valence-corrected chi connectivity index (χ1v) is 7.98. The summed E-state index contributed by atoms with van der Waals surface area (Å²) in [5, 5.41) is 9.17. The summed E-state index contributed by atoms with van der Waals surface area (Å²) in [5.74, 6) is -0.434. The van der Waals surface area contributed by atoms with Crippen molar-refractivity contribution in [3.63, 3.8) is 0 Å². The van der Waals surface area contributed by atoms with Gasteiger partial charge in [0.2, 0.25) is 0 Å². The van der Waals surface area contributed by atoms with Gasteiger partial charge in [0.15, 0.2) is 0 Å². The van der Waals surface area contributed by atoms with Gasteiger partial charge < -0.3 is 4.90 Å². The molecule has 118 valence electrons. The minimum absolute atomic E-state index is 0.158. The van der Waals surface area contributed by atoms with Crippen molar-refractivity contribution in [3.8, 4) is 6.07 Å². The first kappa shape index (κ1) is 15.5. The summed E-state index contributed by atoms with van der Waals surface area (Å²) in [6.07, 6.45) is 1.05. The number of hydrogen-bond donors (Lipinski definition) is 0. The standard InChI is InChI=1S/C19H20FN3/c20-18-7-4-8-19(17(18)15-21)23-13-11-22(12-14-23)10-9-16-5-2-1-3-6-16/h1-8H,9-14H2. The molecule has 23 heavy (non-hydrogen) atoms. The third-order valence-electron chi connectivity index (χ3n) is 4.38. The zero-order chi connectivity index (χ0) is 16.1. The van der Waals surface area contributed by atoms with Crippen molar-refractivity contribution < 1.29 is 4.39 Å². The number of rotatable bonds is 4. The highest BCUT2D eigenvalue weighted by Crippen LogP contribution is 2.23. The fourth-order valence-corrected chi connectivity index (χ4v) is 3.03. The van der Waals surface area contributed by atoms with Gasteiger partial charge in [0.05, 0.1) is 5.69 Å². The predicted octanol–water partition coefficient (Wildman–Crippen LogP) is 3.06. The molecule has 0 aromatic heterocycles. The Labute approximate surface area is 136 Å². The Hall–Kier alpha value is -2.38.